The fraction of sp³-hybridized carbons (Fsp3) is 0.381. The predicted molar refractivity (Wildman–Crippen MR) is 208 cm³/mol. The molecule has 14 nitrogen and oxygen atoms in total. The van der Waals surface area contributed by atoms with Gasteiger partial charge in [0.2, 0.25) is 11.8 Å². The van der Waals surface area contributed by atoms with Crippen LogP contribution < -0.4 is 20.3 Å². The van der Waals surface area contributed by atoms with Crippen molar-refractivity contribution in [2.75, 3.05) is 18.1 Å². The molecule has 1 saturated carbocycles. The fourth-order valence-corrected chi connectivity index (χ4v) is 7.39. The Kier molecular flexibility index (Phi) is 11.2. The number of benzene rings is 3. The van der Waals surface area contributed by atoms with Gasteiger partial charge in [0.15, 0.2) is 0 Å². The van der Waals surface area contributed by atoms with Crippen molar-refractivity contribution < 1.29 is 53.1 Å². The molecule has 57 heavy (non-hydrogen) atoms. The summed E-state index contributed by atoms with van der Waals surface area (Å²) in [5, 5.41) is 25.3. The van der Waals surface area contributed by atoms with Gasteiger partial charge in [-0.25, -0.2) is 4.90 Å². The lowest BCUT2D eigenvalue weighted by Crippen LogP contribution is -2.70. The van der Waals surface area contributed by atoms with Crippen molar-refractivity contribution in [3.63, 3.8) is 0 Å². The first-order chi connectivity index (χ1) is 26.9. The number of hydroxylamine groups is 1. The summed E-state index contributed by atoms with van der Waals surface area (Å²) in [6.07, 6.45) is 6.06. The Bertz CT molecular complexity index is 2110. The maximum Gasteiger partial charge on any atom is 0.454 e. The van der Waals surface area contributed by atoms with Crippen LogP contribution in [0.1, 0.15) is 81.8 Å². The Balaban J connectivity index is 1.20. The van der Waals surface area contributed by atoms with Crippen LogP contribution in [0.25, 0.3) is 0 Å². The average Bonchev–Trinajstić information content (AvgIpc) is 3.87. The minimum absolute atomic E-state index is 0.0653. The first kappa shape index (κ1) is 40.9. The van der Waals surface area contributed by atoms with E-state index in [0.29, 0.717) is 5.56 Å². The molecule has 2 aliphatic heterocycles. The van der Waals surface area contributed by atoms with E-state index in [-0.39, 0.29) is 46.5 Å². The zero-order valence-corrected chi connectivity index (χ0v) is 32.7. The largest absolute Gasteiger partial charge is 0.670 e. The second-order valence-electron chi connectivity index (χ2n) is 16.3. The van der Waals surface area contributed by atoms with Crippen LogP contribution in [0, 0.1) is 16.7 Å². The van der Waals surface area contributed by atoms with Gasteiger partial charge in [-0.1, -0.05) is 67.4 Å². The van der Waals surface area contributed by atoms with Crippen LogP contribution >= 0.6 is 0 Å². The molecule has 3 aromatic rings. The Morgan fingerprint density at radius 2 is 1.47 bits per heavy atom. The number of rotatable bonds is 13. The number of imide groups is 1. The van der Waals surface area contributed by atoms with Crippen LogP contribution in [0.3, 0.4) is 0 Å². The molecular weight excluding hydrogens is 733 g/mol. The van der Waals surface area contributed by atoms with E-state index in [1.54, 1.807) is 20.8 Å². The third-order valence-corrected chi connectivity index (χ3v) is 11.4. The van der Waals surface area contributed by atoms with Gasteiger partial charge in [-0.05, 0) is 82.7 Å². The van der Waals surface area contributed by atoms with Crippen LogP contribution in [0.15, 0.2) is 84.9 Å². The molecule has 15 heteroatoms. The molecule has 3 aromatic carbocycles. The molecule has 6 rings (SSSR count). The second-order valence-corrected chi connectivity index (χ2v) is 16.3. The highest BCUT2D eigenvalue weighted by Crippen LogP contribution is 2.41. The zero-order chi connectivity index (χ0) is 41.3. The highest BCUT2D eigenvalue weighted by atomic mass is 16.6. The first-order valence-electron chi connectivity index (χ1n) is 18.9. The number of carbonyl (C=O) groups excluding carboxylic acids is 6. The zero-order valence-electron chi connectivity index (χ0n) is 32.7. The molecule has 1 fully saturated rings. The Morgan fingerprint density at radius 1 is 0.842 bits per heavy atom. The highest BCUT2D eigenvalue weighted by molar-refractivity contribution is 6.80. The van der Waals surface area contributed by atoms with Gasteiger partial charge in [0.05, 0.1) is 22.1 Å². The van der Waals surface area contributed by atoms with Crippen molar-refractivity contribution in [3.05, 3.63) is 102 Å². The summed E-state index contributed by atoms with van der Waals surface area (Å²) in [5.41, 5.74) is -2.31. The molecule has 0 radical (unpaired) electrons. The van der Waals surface area contributed by atoms with Gasteiger partial charge in [-0.15, -0.1) is 5.46 Å². The summed E-state index contributed by atoms with van der Waals surface area (Å²) in [7, 11) is 0. The molecule has 2 unspecified atom stereocenters. The summed E-state index contributed by atoms with van der Waals surface area (Å²) < 4.78 is 17.5. The predicted octanol–water partition coefficient (Wildman–Crippen LogP) is 4.08. The number of hydrogen-bond acceptors (Lipinski definition) is 11. The Hall–Kier alpha value is -5.80. The van der Waals surface area contributed by atoms with Gasteiger partial charge in [0.1, 0.15) is 18.6 Å². The lowest BCUT2D eigenvalue weighted by Gasteiger charge is -2.47. The number of fused-ring (bicyclic) bond motifs is 1. The third kappa shape index (κ3) is 7.94. The molecule has 300 valence electrons. The number of amides is 4. The molecular formula is C42H47BN3O11-. The van der Waals surface area contributed by atoms with Crippen molar-refractivity contribution >= 4 is 53.4 Å². The van der Waals surface area contributed by atoms with E-state index in [9.17, 15) is 39.0 Å². The van der Waals surface area contributed by atoms with Gasteiger partial charge in [0, 0.05) is 24.4 Å². The van der Waals surface area contributed by atoms with Crippen LogP contribution in [0.4, 0.5) is 5.69 Å². The molecule has 3 aliphatic rings. The van der Waals surface area contributed by atoms with Crippen molar-refractivity contribution in [2.24, 2.45) is 16.7 Å². The maximum absolute atomic E-state index is 14.0. The molecule has 3 N–H and O–H groups in total. The van der Waals surface area contributed by atoms with Gasteiger partial charge >= 0.3 is 18.6 Å². The van der Waals surface area contributed by atoms with Crippen molar-refractivity contribution in [3.8, 4) is 5.75 Å². The van der Waals surface area contributed by atoms with Gasteiger partial charge < -0.3 is 34.7 Å². The number of carbonyl (C=O) groups is 6. The number of hydrogen-bond donors (Lipinski definition) is 3. The maximum atomic E-state index is 14.0. The topological polar surface area (TPSA) is 189 Å². The number of nitrogens with one attached hydrogen (secondary N) is 1. The minimum atomic E-state index is -3.63. The van der Waals surface area contributed by atoms with E-state index in [2.05, 4.69) is 5.32 Å². The van der Waals surface area contributed by atoms with E-state index >= 15 is 0 Å². The summed E-state index contributed by atoms with van der Waals surface area (Å²) in [6, 6.07) is 18.9. The van der Waals surface area contributed by atoms with E-state index in [4.69, 9.17) is 14.1 Å². The molecule has 4 amide bonds. The monoisotopic (exact) mass is 780 g/mol. The van der Waals surface area contributed by atoms with Crippen LogP contribution in [-0.4, -0.2) is 70.7 Å². The van der Waals surface area contributed by atoms with E-state index < -0.39 is 65.1 Å². The van der Waals surface area contributed by atoms with E-state index in [1.165, 1.54) is 42.5 Å². The average molecular weight is 781 g/mol. The van der Waals surface area contributed by atoms with Crippen LogP contribution in [-0.2, 0) is 45.4 Å². The molecule has 0 aromatic heterocycles. The number of ether oxygens (including phenoxy) is 2. The van der Waals surface area contributed by atoms with Crippen LogP contribution in [0.5, 0.6) is 5.75 Å². The number of esters is 2. The summed E-state index contributed by atoms with van der Waals surface area (Å²) >= 11 is 0. The summed E-state index contributed by atoms with van der Waals surface area (Å²) in [4.78, 5) is 79.8. The summed E-state index contributed by atoms with van der Waals surface area (Å²) in [6.45, 7) is 4.14. The third-order valence-electron chi connectivity index (χ3n) is 11.4. The molecule has 0 spiro atoms. The molecule has 2 atom stereocenters. The Morgan fingerprint density at radius 3 is 2.12 bits per heavy atom. The number of anilines is 1. The molecule has 2 heterocycles. The smallest absolute Gasteiger partial charge is 0.454 e. The van der Waals surface area contributed by atoms with Gasteiger partial charge in [-0.3, -0.25) is 28.8 Å². The first-order valence-corrected chi connectivity index (χ1v) is 18.9. The second kappa shape index (κ2) is 15.6. The van der Waals surface area contributed by atoms with Crippen molar-refractivity contribution in [1.29, 1.82) is 0 Å². The van der Waals surface area contributed by atoms with Gasteiger partial charge in [0.25, 0.3) is 11.8 Å². The Labute approximate surface area is 330 Å². The quantitative estimate of drug-likeness (QED) is 0.0982. The number of nitrogens with zero attached hydrogens (tertiary/aromatic N) is 2. The minimum Gasteiger partial charge on any atom is -0.670 e. The van der Waals surface area contributed by atoms with E-state index in [0.717, 1.165) is 48.3 Å². The molecule has 1 aliphatic carbocycles. The SMILES string of the molecule is CC(COC(=O)C(C)(C)c1ccccc1)(COC(=O)C(C)(C)C1CCCC1)C(=O)NCc1ccc2c(c1)O[B-](O)(c1cccc(N3C(=O)C=CC3=O)c1)N(O)C2=O. The van der Waals surface area contributed by atoms with Crippen LogP contribution in [0.2, 0.25) is 0 Å². The summed E-state index contributed by atoms with van der Waals surface area (Å²) in [5.74, 6) is -3.77. The van der Waals surface area contributed by atoms with E-state index in [1.807, 2.05) is 44.2 Å². The lowest BCUT2D eigenvalue weighted by molar-refractivity contribution is -0.167. The lowest BCUT2D eigenvalue weighted by atomic mass is 9.62. The van der Waals surface area contributed by atoms with Crippen molar-refractivity contribution in [1.82, 2.24) is 10.3 Å². The normalized spacial score (nSPS) is 19.5. The van der Waals surface area contributed by atoms with Gasteiger partial charge in [-0.2, -0.15) is 0 Å². The molecule has 0 bridgehead atoms. The van der Waals surface area contributed by atoms with Crippen molar-refractivity contribution in [2.45, 2.75) is 72.3 Å². The molecule has 0 saturated heterocycles. The standard InChI is InChI=1S/C42H47BN3O11/c1-40(2,28-12-7-6-8-13-28)38(51)55-25-42(5,26-56-39(52)41(3,4)29-14-9-10-15-29)37(50)44-24-27-18-19-32-33(22-27)57-43(53,46(54)36(32)49)30-16-11-17-31(23-30)45-34(47)20-21-35(45)48/h6-8,11-13,16-23,29,53-54H,9-10,14-15,24-26H2,1-5H3,(H,44,50)/q-1. The fourth-order valence-electron chi connectivity index (χ4n) is 7.39. The highest BCUT2D eigenvalue weighted by Gasteiger charge is 2.45.